The Morgan fingerprint density at radius 2 is 1.64 bits per heavy atom. The number of nitrogens with one attached hydrogen (secondary N) is 2. The van der Waals surface area contributed by atoms with E-state index in [4.69, 9.17) is 21.5 Å². The van der Waals surface area contributed by atoms with Crippen molar-refractivity contribution in [2.75, 3.05) is 16.6 Å². The molecule has 1 amide bonds. The van der Waals surface area contributed by atoms with E-state index in [1.807, 2.05) is 0 Å². The fourth-order valence-electron chi connectivity index (χ4n) is 2.79. The number of anilines is 2. The van der Waals surface area contributed by atoms with Crippen LogP contribution in [0.25, 0.3) is 0 Å². The molecule has 0 bridgehead atoms. The highest BCUT2D eigenvalue weighted by Gasteiger charge is 2.18. The lowest BCUT2D eigenvalue weighted by molar-refractivity contribution is -0.118. The average Bonchev–Trinajstić information content (AvgIpc) is 2.74. The first-order valence-electron chi connectivity index (χ1n) is 9.39. The van der Waals surface area contributed by atoms with Crippen molar-refractivity contribution in [3.63, 3.8) is 0 Å². The molecule has 0 atom stereocenters. The number of sulfonamides is 2. The van der Waals surface area contributed by atoms with Gasteiger partial charge in [-0.2, -0.15) is 0 Å². The van der Waals surface area contributed by atoms with E-state index in [9.17, 15) is 21.6 Å². The molecule has 4 N–H and O–H groups in total. The minimum atomic E-state index is -3.91. The molecule has 3 rings (SSSR count). The summed E-state index contributed by atoms with van der Waals surface area (Å²) in [6.07, 6.45) is 0. The van der Waals surface area contributed by atoms with E-state index < -0.39 is 32.6 Å². The Balaban J connectivity index is 1.72. The van der Waals surface area contributed by atoms with Gasteiger partial charge in [-0.05, 0) is 61.0 Å². The average molecular weight is 510 g/mol. The molecule has 33 heavy (non-hydrogen) atoms. The van der Waals surface area contributed by atoms with Crippen molar-refractivity contribution < 1.29 is 26.4 Å². The van der Waals surface area contributed by atoms with Gasteiger partial charge in [0.25, 0.3) is 15.9 Å². The molecule has 0 aliphatic carbocycles. The largest absolute Gasteiger partial charge is 0.482 e. The Morgan fingerprint density at radius 1 is 0.939 bits per heavy atom. The first-order valence-corrected chi connectivity index (χ1v) is 12.8. The van der Waals surface area contributed by atoms with Gasteiger partial charge in [0.15, 0.2) is 6.61 Å². The molecule has 0 heterocycles. The molecule has 0 saturated carbocycles. The number of rotatable bonds is 8. The highest BCUT2D eigenvalue weighted by atomic mass is 35.5. The lowest BCUT2D eigenvalue weighted by Gasteiger charge is -2.15. The molecular formula is C21H20ClN3O6S2. The summed E-state index contributed by atoms with van der Waals surface area (Å²) in [6.45, 7) is 1.17. The first-order chi connectivity index (χ1) is 15.5. The molecule has 174 valence electrons. The molecule has 0 saturated heterocycles. The third kappa shape index (κ3) is 6.45. The van der Waals surface area contributed by atoms with Gasteiger partial charge in [0.2, 0.25) is 10.0 Å². The summed E-state index contributed by atoms with van der Waals surface area (Å²) in [5.74, 6) is -0.455. The summed E-state index contributed by atoms with van der Waals surface area (Å²) < 4.78 is 56.1. The molecule has 0 fully saturated rings. The van der Waals surface area contributed by atoms with Gasteiger partial charge in [-0.3, -0.25) is 9.52 Å². The zero-order chi connectivity index (χ0) is 24.2. The number of primary sulfonamides is 1. The maximum absolute atomic E-state index is 12.6. The zero-order valence-electron chi connectivity index (χ0n) is 17.3. The second kappa shape index (κ2) is 9.79. The van der Waals surface area contributed by atoms with Crippen LogP contribution in [0.4, 0.5) is 11.4 Å². The molecule has 0 radical (unpaired) electrons. The Kier molecular flexibility index (Phi) is 7.28. The number of carbonyl (C=O) groups is 1. The van der Waals surface area contributed by atoms with E-state index in [1.54, 1.807) is 25.1 Å². The van der Waals surface area contributed by atoms with Crippen LogP contribution in [0.3, 0.4) is 0 Å². The van der Waals surface area contributed by atoms with E-state index in [0.717, 1.165) is 0 Å². The monoisotopic (exact) mass is 509 g/mol. The summed E-state index contributed by atoms with van der Waals surface area (Å²) in [5.41, 5.74) is 0.919. The van der Waals surface area contributed by atoms with Crippen molar-refractivity contribution in [3.8, 4) is 5.75 Å². The third-order valence-corrected chi connectivity index (χ3v) is 6.93. The van der Waals surface area contributed by atoms with Crippen LogP contribution < -0.4 is 19.9 Å². The maximum atomic E-state index is 12.6. The van der Waals surface area contributed by atoms with E-state index in [1.165, 1.54) is 48.5 Å². The van der Waals surface area contributed by atoms with Crippen molar-refractivity contribution in [1.29, 1.82) is 0 Å². The highest BCUT2D eigenvalue weighted by Crippen LogP contribution is 2.30. The Morgan fingerprint density at radius 3 is 2.27 bits per heavy atom. The number of hydrogen-bond donors (Lipinski definition) is 3. The molecule has 0 aliphatic rings. The third-order valence-electron chi connectivity index (χ3n) is 4.40. The Labute approximate surface area is 196 Å². The van der Waals surface area contributed by atoms with Gasteiger partial charge < -0.3 is 10.1 Å². The Bertz CT molecular complexity index is 1390. The van der Waals surface area contributed by atoms with Crippen LogP contribution in [0.1, 0.15) is 5.56 Å². The van der Waals surface area contributed by atoms with Crippen molar-refractivity contribution in [2.45, 2.75) is 16.7 Å². The molecule has 3 aromatic rings. The zero-order valence-corrected chi connectivity index (χ0v) is 19.7. The lowest BCUT2D eigenvalue weighted by atomic mass is 10.2. The van der Waals surface area contributed by atoms with E-state index in [0.29, 0.717) is 11.3 Å². The number of benzene rings is 3. The number of nitrogens with two attached hydrogens (primary N) is 1. The first kappa shape index (κ1) is 24.5. The fraction of sp³-hybridized carbons (Fsp3) is 0.0952. The molecule has 0 aromatic heterocycles. The quantitative estimate of drug-likeness (QED) is 0.425. The molecule has 0 spiro atoms. The van der Waals surface area contributed by atoms with Gasteiger partial charge in [0, 0.05) is 10.7 Å². The van der Waals surface area contributed by atoms with E-state index in [2.05, 4.69) is 10.0 Å². The van der Waals surface area contributed by atoms with Crippen molar-refractivity contribution >= 4 is 48.9 Å². The highest BCUT2D eigenvalue weighted by molar-refractivity contribution is 7.92. The van der Waals surface area contributed by atoms with E-state index in [-0.39, 0.29) is 26.3 Å². The van der Waals surface area contributed by atoms with Crippen molar-refractivity contribution in [3.05, 3.63) is 77.3 Å². The second-order valence-electron chi connectivity index (χ2n) is 6.92. The summed E-state index contributed by atoms with van der Waals surface area (Å²) in [4.78, 5) is 12.3. The van der Waals surface area contributed by atoms with Gasteiger partial charge in [-0.15, -0.1) is 0 Å². The predicted octanol–water partition coefficient (Wildman–Crippen LogP) is 3.11. The number of ether oxygens (including phenoxy) is 1. The van der Waals surface area contributed by atoms with Gasteiger partial charge in [0.1, 0.15) is 5.75 Å². The molecule has 12 heteroatoms. The number of amides is 1. The standard InChI is InChI=1S/C21H20ClN3O6S2/c1-14-11-17(32(23,27)28)8-9-18(14)24-21(26)13-31-20-10-7-15(22)12-19(20)25-33(29,30)16-5-3-2-4-6-16/h2-12,25H,13H2,1H3,(H,24,26)(H2,23,27,28). The van der Waals surface area contributed by atoms with Gasteiger partial charge >= 0.3 is 0 Å². The molecular weight excluding hydrogens is 490 g/mol. The summed E-state index contributed by atoms with van der Waals surface area (Å²) in [5, 5.41) is 7.97. The summed E-state index contributed by atoms with van der Waals surface area (Å²) >= 11 is 6.00. The SMILES string of the molecule is Cc1cc(S(N)(=O)=O)ccc1NC(=O)COc1ccc(Cl)cc1NS(=O)(=O)c1ccccc1. The molecule has 3 aromatic carbocycles. The minimum absolute atomic E-state index is 0.0482. The number of carbonyl (C=O) groups excluding carboxylic acids is 1. The fourth-order valence-corrected chi connectivity index (χ4v) is 4.65. The van der Waals surface area contributed by atoms with Crippen molar-refractivity contribution in [2.24, 2.45) is 5.14 Å². The molecule has 0 aliphatic heterocycles. The number of halogens is 1. The Hall–Kier alpha value is -3.12. The van der Waals surface area contributed by atoms with Crippen LogP contribution in [0.2, 0.25) is 5.02 Å². The molecule has 9 nitrogen and oxygen atoms in total. The minimum Gasteiger partial charge on any atom is -0.482 e. The normalized spacial score (nSPS) is 11.6. The van der Waals surface area contributed by atoms with Crippen LogP contribution in [0, 0.1) is 6.92 Å². The van der Waals surface area contributed by atoms with Crippen LogP contribution in [0.5, 0.6) is 5.75 Å². The van der Waals surface area contributed by atoms with Crippen molar-refractivity contribution in [1.82, 2.24) is 0 Å². The van der Waals surface area contributed by atoms with Gasteiger partial charge in [-0.1, -0.05) is 29.8 Å². The van der Waals surface area contributed by atoms with Crippen LogP contribution in [-0.2, 0) is 24.8 Å². The van der Waals surface area contributed by atoms with Crippen LogP contribution in [0.15, 0.2) is 76.5 Å². The summed E-state index contributed by atoms with van der Waals surface area (Å²) in [7, 11) is -7.77. The van der Waals surface area contributed by atoms with Crippen LogP contribution >= 0.6 is 11.6 Å². The predicted molar refractivity (Wildman–Crippen MR) is 125 cm³/mol. The number of hydrogen-bond acceptors (Lipinski definition) is 6. The van der Waals surface area contributed by atoms with E-state index >= 15 is 0 Å². The topological polar surface area (TPSA) is 145 Å². The molecule has 0 unspecified atom stereocenters. The second-order valence-corrected chi connectivity index (χ2v) is 10.6. The van der Waals surface area contributed by atoms with Crippen LogP contribution in [-0.4, -0.2) is 29.3 Å². The lowest BCUT2D eigenvalue weighted by Crippen LogP contribution is -2.21. The number of aryl methyl sites for hydroxylation is 1. The summed E-state index contributed by atoms with van der Waals surface area (Å²) in [6, 6.07) is 16.0. The van der Waals surface area contributed by atoms with Gasteiger partial charge in [-0.25, -0.2) is 22.0 Å². The van der Waals surface area contributed by atoms with Gasteiger partial charge in [0.05, 0.1) is 15.5 Å². The smallest absolute Gasteiger partial charge is 0.262 e. The maximum Gasteiger partial charge on any atom is 0.262 e.